The van der Waals surface area contributed by atoms with Crippen LogP contribution in [0.5, 0.6) is 0 Å². The molecule has 0 radical (unpaired) electrons. The molecule has 0 saturated carbocycles. The summed E-state index contributed by atoms with van der Waals surface area (Å²) in [5.41, 5.74) is -0.523. The van der Waals surface area contributed by atoms with Crippen LogP contribution in [-0.4, -0.2) is 59.1 Å². The highest BCUT2D eigenvalue weighted by atomic mass is 16.4. The minimum Gasteiger partial charge on any atom is -0.481 e. The molecule has 0 aromatic rings. The Bertz CT molecular complexity index is 306. The first-order chi connectivity index (χ1) is 7.92. The van der Waals surface area contributed by atoms with Gasteiger partial charge in [0.1, 0.15) is 0 Å². The molecule has 0 spiro atoms. The van der Waals surface area contributed by atoms with E-state index in [-0.39, 0.29) is 0 Å². The van der Waals surface area contributed by atoms with Crippen molar-refractivity contribution in [1.29, 1.82) is 0 Å². The maximum absolute atomic E-state index is 11.2. The van der Waals surface area contributed by atoms with Crippen molar-refractivity contribution >= 4 is 5.97 Å². The van der Waals surface area contributed by atoms with Gasteiger partial charge in [0.15, 0.2) is 0 Å². The Morgan fingerprint density at radius 2 is 2.12 bits per heavy atom. The van der Waals surface area contributed by atoms with Crippen molar-refractivity contribution in [1.82, 2.24) is 9.80 Å². The number of hydrogen-bond acceptors (Lipinski definition) is 3. The van der Waals surface area contributed by atoms with Crippen molar-refractivity contribution in [3.63, 3.8) is 0 Å². The Morgan fingerprint density at radius 3 is 2.59 bits per heavy atom. The van der Waals surface area contributed by atoms with E-state index in [1.54, 1.807) is 0 Å². The highest BCUT2D eigenvalue weighted by Gasteiger charge is 2.43. The average Bonchev–Trinajstić information content (AvgIpc) is 2.84. The first-order valence-corrected chi connectivity index (χ1v) is 6.64. The van der Waals surface area contributed by atoms with Gasteiger partial charge in [-0.3, -0.25) is 14.6 Å². The second-order valence-electron chi connectivity index (χ2n) is 6.12. The molecular formula is C13H24N2O2. The van der Waals surface area contributed by atoms with Crippen LogP contribution in [0.4, 0.5) is 0 Å². The van der Waals surface area contributed by atoms with E-state index in [9.17, 15) is 9.90 Å². The van der Waals surface area contributed by atoms with Crippen LogP contribution in [0.1, 0.15) is 33.6 Å². The smallest absolute Gasteiger partial charge is 0.310 e. The average molecular weight is 240 g/mol. The maximum atomic E-state index is 11.2. The quantitative estimate of drug-likeness (QED) is 0.806. The van der Waals surface area contributed by atoms with Crippen LogP contribution in [0.25, 0.3) is 0 Å². The molecule has 17 heavy (non-hydrogen) atoms. The van der Waals surface area contributed by atoms with Crippen LogP contribution in [0.15, 0.2) is 0 Å². The molecule has 2 heterocycles. The van der Waals surface area contributed by atoms with Crippen LogP contribution >= 0.6 is 0 Å². The summed E-state index contributed by atoms with van der Waals surface area (Å²) in [6.07, 6.45) is 1.98. The van der Waals surface area contributed by atoms with Gasteiger partial charge in [0, 0.05) is 31.7 Å². The van der Waals surface area contributed by atoms with Gasteiger partial charge < -0.3 is 5.11 Å². The minimum absolute atomic E-state index is 0.523. The van der Waals surface area contributed by atoms with Crippen molar-refractivity contribution < 1.29 is 9.90 Å². The number of nitrogens with zero attached hydrogens (tertiary/aromatic N) is 2. The Labute approximate surface area is 104 Å². The van der Waals surface area contributed by atoms with Crippen LogP contribution in [0.3, 0.4) is 0 Å². The first-order valence-electron chi connectivity index (χ1n) is 6.64. The molecule has 2 atom stereocenters. The lowest BCUT2D eigenvalue weighted by atomic mass is 9.90. The molecule has 2 aliphatic heterocycles. The summed E-state index contributed by atoms with van der Waals surface area (Å²) in [7, 11) is 0. The summed E-state index contributed by atoms with van der Waals surface area (Å²) in [5, 5.41) is 9.24. The molecule has 0 amide bonds. The third-order valence-electron chi connectivity index (χ3n) is 4.46. The number of aliphatic carboxylic acids is 1. The third-order valence-corrected chi connectivity index (χ3v) is 4.46. The lowest BCUT2D eigenvalue weighted by molar-refractivity contribution is -0.147. The number of carboxylic acids is 1. The fraction of sp³-hybridized carbons (Fsp3) is 0.923. The van der Waals surface area contributed by atoms with Gasteiger partial charge in [-0.25, -0.2) is 0 Å². The zero-order valence-electron chi connectivity index (χ0n) is 11.1. The minimum atomic E-state index is -0.640. The maximum Gasteiger partial charge on any atom is 0.310 e. The van der Waals surface area contributed by atoms with Crippen molar-refractivity contribution in [2.24, 2.45) is 5.41 Å². The van der Waals surface area contributed by atoms with Crippen LogP contribution < -0.4 is 0 Å². The summed E-state index contributed by atoms with van der Waals surface area (Å²) in [6, 6.07) is 1.17. The highest BCUT2D eigenvalue weighted by Crippen LogP contribution is 2.33. The van der Waals surface area contributed by atoms with E-state index < -0.39 is 11.4 Å². The Morgan fingerprint density at radius 1 is 1.41 bits per heavy atom. The fourth-order valence-corrected chi connectivity index (χ4v) is 3.02. The molecule has 4 nitrogen and oxygen atoms in total. The molecule has 2 aliphatic rings. The molecule has 0 aromatic heterocycles. The normalized spacial score (nSPS) is 35.9. The van der Waals surface area contributed by atoms with E-state index in [0.29, 0.717) is 12.1 Å². The van der Waals surface area contributed by atoms with Gasteiger partial charge in [-0.1, -0.05) is 0 Å². The van der Waals surface area contributed by atoms with E-state index in [1.165, 1.54) is 6.42 Å². The fourth-order valence-electron chi connectivity index (χ4n) is 3.02. The molecule has 2 rings (SSSR count). The molecule has 0 bridgehead atoms. The number of hydrogen-bond donors (Lipinski definition) is 1. The monoisotopic (exact) mass is 240 g/mol. The van der Waals surface area contributed by atoms with E-state index >= 15 is 0 Å². The van der Waals surface area contributed by atoms with Gasteiger partial charge in [-0.15, -0.1) is 0 Å². The van der Waals surface area contributed by atoms with Gasteiger partial charge in [0.25, 0.3) is 0 Å². The van der Waals surface area contributed by atoms with Gasteiger partial charge in [-0.05, 0) is 40.2 Å². The van der Waals surface area contributed by atoms with Crippen molar-refractivity contribution in [2.45, 2.75) is 45.7 Å². The van der Waals surface area contributed by atoms with E-state index in [0.717, 1.165) is 32.6 Å². The molecule has 1 N–H and O–H groups in total. The number of rotatable bonds is 3. The number of carbonyl (C=O) groups is 1. The molecule has 0 aromatic carbocycles. The second kappa shape index (κ2) is 4.58. The topological polar surface area (TPSA) is 43.8 Å². The van der Waals surface area contributed by atoms with Gasteiger partial charge >= 0.3 is 5.97 Å². The molecular weight excluding hydrogens is 216 g/mol. The summed E-state index contributed by atoms with van der Waals surface area (Å²) in [4.78, 5) is 16.1. The lowest BCUT2D eigenvalue weighted by Gasteiger charge is -2.27. The highest BCUT2D eigenvalue weighted by molar-refractivity contribution is 5.74. The SMILES string of the molecule is CC(C)N1CCC(N2CCC(C)(C(=O)O)C2)C1. The molecule has 2 fully saturated rings. The van der Waals surface area contributed by atoms with E-state index in [2.05, 4.69) is 23.6 Å². The van der Waals surface area contributed by atoms with E-state index in [4.69, 9.17) is 0 Å². The predicted octanol–water partition coefficient (Wildman–Crippen LogP) is 1.27. The van der Waals surface area contributed by atoms with Gasteiger partial charge in [0.05, 0.1) is 5.41 Å². The summed E-state index contributed by atoms with van der Waals surface area (Å²) in [5.74, 6) is -0.640. The third kappa shape index (κ3) is 2.47. The predicted molar refractivity (Wildman–Crippen MR) is 67.0 cm³/mol. The molecule has 2 unspecified atom stereocenters. The van der Waals surface area contributed by atoms with Gasteiger partial charge in [0.2, 0.25) is 0 Å². The zero-order valence-corrected chi connectivity index (χ0v) is 11.1. The number of carboxylic acid groups (broad SMARTS) is 1. The molecule has 0 aliphatic carbocycles. The second-order valence-corrected chi connectivity index (χ2v) is 6.12. The first kappa shape index (κ1) is 12.8. The largest absolute Gasteiger partial charge is 0.481 e. The Kier molecular flexibility index (Phi) is 3.46. The lowest BCUT2D eigenvalue weighted by Crippen LogP contribution is -2.40. The van der Waals surface area contributed by atoms with E-state index in [1.807, 2.05) is 6.92 Å². The van der Waals surface area contributed by atoms with Gasteiger partial charge in [-0.2, -0.15) is 0 Å². The van der Waals surface area contributed by atoms with Crippen molar-refractivity contribution in [3.8, 4) is 0 Å². The standard InChI is InChI=1S/C13H24N2O2/c1-10(2)14-6-4-11(8-14)15-7-5-13(3,9-15)12(16)17/h10-11H,4-9H2,1-3H3,(H,16,17). The van der Waals surface area contributed by atoms with Crippen LogP contribution in [0.2, 0.25) is 0 Å². The van der Waals surface area contributed by atoms with Crippen molar-refractivity contribution in [2.75, 3.05) is 26.2 Å². The molecule has 2 saturated heterocycles. The molecule has 4 heteroatoms. The summed E-state index contributed by atoms with van der Waals surface area (Å²) in [6.45, 7) is 10.3. The zero-order chi connectivity index (χ0) is 12.6. The van der Waals surface area contributed by atoms with Crippen LogP contribution in [-0.2, 0) is 4.79 Å². The Hall–Kier alpha value is -0.610. The Balaban J connectivity index is 1.92. The molecule has 98 valence electrons. The van der Waals surface area contributed by atoms with Crippen LogP contribution in [0, 0.1) is 5.41 Å². The summed E-state index contributed by atoms with van der Waals surface area (Å²) >= 11 is 0. The number of likely N-dealkylation sites (tertiary alicyclic amines) is 2. The summed E-state index contributed by atoms with van der Waals surface area (Å²) < 4.78 is 0. The van der Waals surface area contributed by atoms with Crippen molar-refractivity contribution in [3.05, 3.63) is 0 Å².